The molecule has 1 aromatic heterocycles. The Morgan fingerprint density at radius 1 is 1.52 bits per heavy atom. The number of anilines is 1. The maximum Gasteiger partial charge on any atom is 0.405 e. The Labute approximate surface area is 151 Å². The Bertz CT molecular complexity index is 707. The van der Waals surface area contributed by atoms with E-state index in [2.05, 4.69) is 32.7 Å². The Hall–Kier alpha value is -2.51. The molecule has 0 bridgehead atoms. The van der Waals surface area contributed by atoms with Crippen molar-refractivity contribution in [1.29, 1.82) is 0 Å². The molecule has 0 unspecified atom stereocenters. The van der Waals surface area contributed by atoms with Gasteiger partial charge in [0.2, 0.25) is 5.91 Å². The van der Waals surface area contributed by atoms with Crippen LogP contribution in [-0.2, 0) is 4.79 Å². The van der Waals surface area contributed by atoms with Crippen LogP contribution >= 0.6 is 12.2 Å². The number of carboxylic acid groups (broad SMARTS) is 1. The van der Waals surface area contributed by atoms with Crippen molar-refractivity contribution in [3.63, 3.8) is 0 Å². The van der Waals surface area contributed by atoms with Crippen molar-refractivity contribution in [2.75, 3.05) is 25.0 Å². The van der Waals surface area contributed by atoms with Crippen molar-refractivity contribution < 1.29 is 14.7 Å². The number of aromatic nitrogens is 1. The molecule has 0 aromatic carbocycles. The number of isothiocyanates is 1. The van der Waals surface area contributed by atoms with Gasteiger partial charge in [0.1, 0.15) is 5.69 Å². The predicted molar refractivity (Wildman–Crippen MR) is 97.5 cm³/mol. The number of piperidine rings is 1. The van der Waals surface area contributed by atoms with Crippen LogP contribution in [-0.4, -0.2) is 64.4 Å². The summed E-state index contributed by atoms with van der Waals surface area (Å²) in [5, 5.41) is 14.1. The number of likely N-dealkylation sites (N-methyl/N-ethyl adjacent to an activating group) is 1. The predicted octanol–water partition coefficient (Wildman–Crippen LogP) is 1.76. The number of thiocarbonyl (C=S) groups is 1. The average Bonchev–Trinajstić information content (AvgIpc) is 2.54. The fourth-order valence-corrected chi connectivity index (χ4v) is 3.50. The number of rotatable bonds is 4. The number of carbonyl (C=O) groups is 2. The molecule has 2 N–H and O–H groups in total. The number of amides is 2. The van der Waals surface area contributed by atoms with Gasteiger partial charge in [0.15, 0.2) is 0 Å². The smallest absolute Gasteiger partial charge is 0.405 e. The summed E-state index contributed by atoms with van der Waals surface area (Å²) >= 11 is 4.68. The van der Waals surface area contributed by atoms with E-state index in [0.29, 0.717) is 18.8 Å². The lowest BCUT2D eigenvalue weighted by Crippen LogP contribution is -2.64. The van der Waals surface area contributed by atoms with Gasteiger partial charge in [0.05, 0.1) is 29.1 Å². The average molecular weight is 363 g/mol. The van der Waals surface area contributed by atoms with Crippen LogP contribution in [0.25, 0.3) is 0 Å². The summed E-state index contributed by atoms with van der Waals surface area (Å²) in [5.74, 6) is -0.0608. The highest BCUT2D eigenvalue weighted by Crippen LogP contribution is 2.32. The van der Waals surface area contributed by atoms with E-state index in [4.69, 9.17) is 0 Å². The first-order chi connectivity index (χ1) is 11.8. The molecule has 1 fully saturated rings. The van der Waals surface area contributed by atoms with E-state index in [1.165, 1.54) is 6.92 Å². The van der Waals surface area contributed by atoms with E-state index >= 15 is 0 Å². The van der Waals surface area contributed by atoms with Gasteiger partial charge in [-0.15, -0.1) is 0 Å². The van der Waals surface area contributed by atoms with Crippen molar-refractivity contribution in [2.45, 2.75) is 25.9 Å². The molecular formula is C16H21N5O3S. The minimum absolute atomic E-state index is 0.0389. The van der Waals surface area contributed by atoms with E-state index in [1.807, 2.05) is 17.9 Å². The second-order valence-corrected chi connectivity index (χ2v) is 6.31. The van der Waals surface area contributed by atoms with Crippen molar-refractivity contribution in [3.05, 3.63) is 18.5 Å². The van der Waals surface area contributed by atoms with E-state index < -0.39 is 12.1 Å². The molecule has 2 rings (SSSR count). The summed E-state index contributed by atoms with van der Waals surface area (Å²) in [5.41, 5.74) is 1.39. The molecule has 0 saturated carbocycles. The van der Waals surface area contributed by atoms with E-state index in [9.17, 15) is 14.7 Å². The van der Waals surface area contributed by atoms with Gasteiger partial charge in [-0.1, -0.05) is 6.92 Å². The Morgan fingerprint density at radius 2 is 2.24 bits per heavy atom. The summed E-state index contributed by atoms with van der Waals surface area (Å²) < 4.78 is 0. The molecule has 134 valence electrons. The highest BCUT2D eigenvalue weighted by Gasteiger charge is 2.39. The number of hydrogen-bond acceptors (Lipinski definition) is 6. The standard InChI is InChI=1S/C16H21N5O3S/c1-10-7-21(14-4-5-17-6-12(14)18-9-25)8-13(19-16(23)24)15(10)20(3)11(2)22/h4-6,10,13,15,19H,7-8H2,1-3H3,(H,23,24)/t10-,13+,15-/m0/s1. The van der Waals surface area contributed by atoms with E-state index in [0.717, 1.165) is 5.69 Å². The topological polar surface area (TPSA) is 98.1 Å². The fraction of sp³-hybridized carbons (Fsp3) is 0.500. The lowest BCUT2D eigenvalue weighted by Gasteiger charge is -2.46. The Kier molecular flexibility index (Phi) is 6.06. The number of hydrogen-bond donors (Lipinski definition) is 2. The Morgan fingerprint density at radius 3 is 2.84 bits per heavy atom. The van der Waals surface area contributed by atoms with E-state index in [-0.39, 0.29) is 17.9 Å². The SMILES string of the molecule is CC(=O)N(C)[C@H]1[C@@H](C)CN(c2ccncc2N=C=S)C[C@H]1NC(=O)O. The molecule has 3 atom stereocenters. The molecule has 0 spiro atoms. The van der Waals surface area contributed by atoms with Gasteiger partial charge < -0.3 is 20.2 Å². The molecule has 9 heteroatoms. The normalized spacial score (nSPS) is 22.7. The third-order valence-corrected chi connectivity index (χ3v) is 4.55. The molecule has 1 saturated heterocycles. The molecule has 8 nitrogen and oxygen atoms in total. The first-order valence-electron chi connectivity index (χ1n) is 7.84. The second kappa shape index (κ2) is 8.04. The molecule has 1 aliphatic rings. The maximum absolute atomic E-state index is 11.8. The van der Waals surface area contributed by atoms with Crippen LogP contribution in [0.5, 0.6) is 0 Å². The molecule has 1 aliphatic heterocycles. The summed E-state index contributed by atoms with van der Waals surface area (Å²) in [6, 6.07) is 1.14. The number of pyridine rings is 1. The highest BCUT2D eigenvalue weighted by molar-refractivity contribution is 7.78. The summed E-state index contributed by atoms with van der Waals surface area (Å²) in [6.07, 6.45) is 2.12. The van der Waals surface area contributed by atoms with Crippen LogP contribution in [0.3, 0.4) is 0 Å². The lowest BCUT2D eigenvalue weighted by molar-refractivity contribution is -0.131. The van der Waals surface area contributed by atoms with Crippen LogP contribution in [0.4, 0.5) is 16.2 Å². The van der Waals surface area contributed by atoms with Crippen LogP contribution in [0, 0.1) is 5.92 Å². The molecule has 2 heterocycles. The molecule has 0 radical (unpaired) electrons. The number of nitrogens with zero attached hydrogens (tertiary/aromatic N) is 4. The van der Waals surface area contributed by atoms with Gasteiger partial charge in [0.25, 0.3) is 0 Å². The maximum atomic E-state index is 11.8. The van der Waals surface area contributed by atoms with Crippen molar-refractivity contribution >= 4 is 40.8 Å². The summed E-state index contributed by atoms with van der Waals surface area (Å²) in [6.45, 7) is 4.52. The lowest BCUT2D eigenvalue weighted by atomic mass is 9.88. The van der Waals surface area contributed by atoms with Gasteiger partial charge in [0, 0.05) is 33.3 Å². The second-order valence-electron chi connectivity index (χ2n) is 6.13. The number of aliphatic imine (C=N–C) groups is 1. The van der Waals surface area contributed by atoms with Crippen molar-refractivity contribution in [2.24, 2.45) is 10.9 Å². The van der Waals surface area contributed by atoms with Crippen LogP contribution in [0.1, 0.15) is 13.8 Å². The number of carbonyl (C=O) groups excluding carboxylic acids is 1. The molecule has 2 amide bonds. The minimum Gasteiger partial charge on any atom is -0.465 e. The van der Waals surface area contributed by atoms with Gasteiger partial charge in [-0.2, -0.15) is 4.99 Å². The van der Waals surface area contributed by atoms with Gasteiger partial charge in [-0.25, -0.2) is 4.79 Å². The minimum atomic E-state index is -1.12. The third-order valence-electron chi connectivity index (χ3n) is 4.46. The molecular weight excluding hydrogens is 342 g/mol. The zero-order chi connectivity index (χ0) is 18.6. The first-order valence-corrected chi connectivity index (χ1v) is 8.25. The monoisotopic (exact) mass is 363 g/mol. The zero-order valence-electron chi connectivity index (χ0n) is 14.3. The fourth-order valence-electron chi connectivity index (χ4n) is 3.40. The van der Waals surface area contributed by atoms with Gasteiger partial charge >= 0.3 is 6.09 Å². The number of nitrogens with one attached hydrogen (secondary N) is 1. The molecule has 25 heavy (non-hydrogen) atoms. The van der Waals surface area contributed by atoms with Gasteiger partial charge in [-0.05, 0) is 24.2 Å². The first kappa shape index (κ1) is 18.8. The van der Waals surface area contributed by atoms with Crippen molar-refractivity contribution in [1.82, 2.24) is 15.2 Å². The molecule has 1 aromatic rings. The van der Waals surface area contributed by atoms with Crippen LogP contribution in [0.15, 0.2) is 23.5 Å². The quantitative estimate of drug-likeness (QED) is 0.625. The van der Waals surface area contributed by atoms with Crippen molar-refractivity contribution in [3.8, 4) is 0 Å². The zero-order valence-corrected chi connectivity index (χ0v) is 15.2. The van der Waals surface area contributed by atoms with E-state index in [1.54, 1.807) is 24.3 Å². The largest absolute Gasteiger partial charge is 0.465 e. The summed E-state index contributed by atoms with van der Waals surface area (Å²) in [4.78, 5) is 34.8. The molecule has 0 aliphatic carbocycles. The Balaban J connectivity index is 2.35. The van der Waals surface area contributed by atoms with Crippen LogP contribution < -0.4 is 10.2 Å². The highest BCUT2D eigenvalue weighted by atomic mass is 32.1. The van der Waals surface area contributed by atoms with Crippen LogP contribution in [0.2, 0.25) is 0 Å². The summed E-state index contributed by atoms with van der Waals surface area (Å²) in [7, 11) is 1.70. The third kappa shape index (κ3) is 4.32. The van der Waals surface area contributed by atoms with Gasteiger partial charge in [-0.3, -0.25) is 9.78 Å².